The summed E-state index contributed by atoms with van der Waals surface area (Å²) in [6.07, 6.45) is 2.48. The van der Waals surface area contributed by atoms with Gasteiger partial charge in [-0.3, -0.25) is 9.69 Å². The Balaban J connectivity index is 1.58. The number of carbonyl (C=O) groups is 1. The second-order valence-corrected chi connectivity index (χ2v) is 5.79. The molecule has 1 fully saturated rings. The smallest absolute Gasteiger partial charge is 0.244 e. The lowest BCUT2D eigenvalue weighted by Gasteiger charge is -2.20. The number of aromatic nitrogens is 3. The summed E-state index contributed by atoms with van der Waals surface area (Å²) in [5.74, 6) is 2.12. The lowest BCUT2D eigenvalue weighted by atomic mass is 10.2. The quantitative estimate of drug-likeness (QED) is 0.807. The molecule has 0 aliphatic carbocycles. The van der Waals surface area contributed by atoms with Gasteiger partial charge in [0, 0.05) is 19.6 Å². The zero-order chi connectivity index (χ0) is 16.9. The topological polar surface area (TPSA) is 107 Å². The van der Waals surface area contributed by atoms with Crippen LogP contribution in [0.2, 0.25) is 0 Å². The zero-order valence-electron chi connectivity index (χ0n) is 13.8. The van der Waals surface area contributed by atoms with E-state index >= 15 is 0 Å². The van der Waals surface area contributed by atoms with Crippen molar-refractivity contribution in [1.82, 2.24) is 20.2 Å². The summed E-state index contributed by atoms with van der Waals surface area (Å²) < 4.78 is 15.3. The summed E-state index contributed by atoms with van der Waals surface area (Å²) in [5, 5.41) is 10.5. The van der Waals surface area contributed by atoms with Gasteiger partial charge in [0.1, 0.15) is 5.76 Å². The van der Waals surface area contributed by atoms with E-state index in [0.717, 1.165) is 19.4 Å². The Labute approximate surface area is 139 Å². The first-order chi connectivity index (χ1) is 11.7. The van der Waals surface area contributed by atoms with E-state index in [1.54, 1.807) is 20.1 Å². The first kappa shape index (κ1) is 16.6. The van der Waals surface area contributed by atoms with E-state index in [1.165, 1.54) is 0 Å². The number of amides is 1. The van der Waals surface area contributed by atoms with Crippen molar-refractivity contribution in [3.05, 3.63) is 23.5 Å². The fourth-order valence-corrected chi connectivity index (χ4v) is 2.78. The summed E-state index contributed by atoms with van der Waals surface area (Å²) >= 11 is 0. The lowest BCUT2D eigenvalue weighted by molar-refractivity contribution is -0.117. The molecule has 24 heavy (non-hydrogen) atoms. The van der Waals surface area contributed by atoms with Crippen molar-refractivity contribution in [2.75, 3.05) is 32.1 Å². The van der Waals surface area contributed by atoms with Gasteiger partial charge in [-0.2, -0.15) is 4.98 Å². The highest BCUT2D eigenvalue weighted by Gasteiger charge is 2.32. The van der Waals surface area contributed by atoms with Gasteiger partial charge in [0.25, 0.3) is 0 Å². The van der Waals surface area contributed by atoms with E-state index in [0.29, 0.717) is 36.3 Å². The molecule has 0 saturated carbocycles. The third kappa shape index (κ3) is 3.98. The van der Waals surface area contributed by atoms with Crippen molar-refractivity contribution >= 4 is 11.7 Å². The highest BCUT2D eigenvalue weighted by molar-refractivity contribution is 5.91. The van der Waals surface area contributed by atoms with E-state index in [9.17, 15) is 4.79 Å². The second-order valence-electron chi connectivity index (χ2n) is 5.79. The summed E-state index contributed by atoms with van der Waals surface area (Å²) in [4.78, 5) is 18.6. The predicted octanol–water partition coefficient (Wildman–Crippen LogP) is 1.33. The molecule has 1 amide bonds. The van der Waals surface area contributed by atoms with Crippen molar-refractivity contribution < 1.29 is 18.6 Å². The molecular weight excluding hydrogens is 314 g/mol. The number of aryl methyl sites for hydroxylation is 1. The molecule has 3 heterocycles. The van der Waals surface area contributed by atoms with Gasteiger partial charge >= 0.3 is 0 Å². The number of nitrogens with one attached hydrogen (secondary N) is 1. The summed E-state index contributed by atoms with van der Waals surface area (Å²) in [6.45, 7) is 3.38. The average molecular weight is 335 g/mol. The van der Waals surface area contributed by atoms with Crippen LogP contribution >= 0.6 is 0 Å². The molecule has 0 aromatic carbocycles. The maximum atomic E-state index is 12.2. The van der Waals surface area contributed by atoms with Crippen LogP contribution < -0.4 is 5.32 Å². The van der Waals surface area contributed by atoms with Crippen LogP contribution in [0.15, 0.2) is 15.1 Å². The third-order valence-corrected chi connectivity index (χ3v) is 3.90. The van der Waals surface area contributed by atoms with Crippen LogP contribution in [-0.2, 0) is 16.0 Å². The van der Waals surface area contributed by atoms with Crippen LogP contribution in [0, 0.1) is 6.92 Å². The number of carbonyl (C=O) groups excluding carboxylic acids is 1. The van der Waals surface area contributed by atoms with Crippen molar-refractivity contribution in [1.29, 1.82) is 0 Å². The summed E-state index contributed by atoms with van der Waals surface area (Å²) in [6, 6.07) is 1.65. The number of ether oxygens (including phenoxy) is 1. The lowest BCUT2D eigenvalue weighted by Crippen LogP contribution is -2.33. The molecule has 9 heteroatoms. The minimum absolute atomic E-state index is 0.0291. The number of anilines is 1. The van der Waals surface area contributed by atoms with Crippen LogP contribution in [0.25, 0.3) is 0 Å². The van der Waals surface area contributed by atoms with Gasteiger partial charge < -0.3 is 19.1 Å². The molecule has 2 aromatic rings. The molecule has 2 aromatic heterocycles. The van der Waals surface area contributed by atoms with E-state index in [-0.39, 0.29) is 18.5 Å². The number of hydrogen-bond donors (Lipinski definition) is 1. The van der Waals surface area contributed by atoms with Crippen LogP contribution in [-0.4, -0.2) is 52.9 Å². The van der Waals surface area contributed by atoms with Crippen LogP contribution in [0.3, 0.4) is 0 Å². The molecule has 1 aliphatic heterocycles. The van der Waals surface area contributed by atoms with Gasteiger partial charge in [-0.15, -0.1) is 0 Å². The molecular formula is C15H21N5O4. The molecule has 130 valence electrons. The Morgan fingerprint density at radius 2 is 2.33 bits per heavy atom. The second kappa shape index (κ2) is 7.54. The van der Waals surface area contributed by atoms with Crippen LogP contribution in [0.4, 0.5) is 5.82 Å². The zero-order valence-corrected chi connectivity index (χ0v) is 13.8. The standard InChI is InChI=1S/C15H21N5O4/c1-10-8-13(19-23-10)16-14(21)9-20-6-3-4-11(20)15-17-12(18-24-15)5-7-22-2/h8,11H,3-7,9H2,1-2H3,(H,16,19,21)/t11-/m0/s1. The average Bonchev–Trinajstić information content (AvgIpc) is 3.26. The molecule has 1 N–H and O–H groups in total. The SMILES string of the molecule is COCCc1noc([C@@H]2CCCN2CC(=O)Nc2cc(C)on2)n1. The van der Waals surface area contributed by atoms with E-state index < -0.39 is 0 Å². The maximum Gasteiger partial charge on any atom is 0.244 e. The van der Waals surface area contributed by atoms with Gasteiger partial charge in [0.15, 0.2) is 11.6 Å². The first-order valence-electron chi connectivity index (χ1n) is 7.94. The molecule has 0 radical (unpaired) electrons. The largest absolute Gasteiger partial charge is 0.384 e. The van der Waals surface area contributed by atoms with Crippen molar-refractivity contribution in [2.24, 2.45) is 0 Å². The third-order valence-electron chi connectivity index (χ3n) is 3.90. The minimum atomic E-state index is -0.144. The molecule has 0 spiro atoms. The highest BCUT2D eigenvalue weighted by Crippen LogP contribution is 2.30. The van der Waals surface area contributed by atoms with E-state index in [1.807, 2.05) is 4.90 Å². The van der Waals surface area contributed by atoms with Crippen LogP contribution in [0.1, 0.15) is 36.4 Å². The van der Waals surface area contributed by atoms with Gasteiger partial charge in [-0.25, -0.2) is 0 Å². The predicted molar refractivity (Wildman–Crippen MR) is 83.3 cm³/mol. The molecule has 1 saturated heterocycles. The molecule has 0 bridgehead atoms. The van der Waals surface area contributed by atoms with Crippen molar-refractivity contribution in [3.63, 3.8) is 0 Å². The fourth-order valence-electron chi connectivity index (χ4n) is 2.78. The Morgan fingerprint density at radius 3 is 3.08 bits per heavy atom. The molecule has 1 atom stereocenters. The molecule has 1 aliphatic rings. The Kier molecular flexibility index (Phi) is 5.21. The van der Waals surface area contributed by atoms with E-state index in [4.69, 9.17) is 13.8 Å². The molecule has 9 nitrogen and oxygen atoms in total. The highest BCUT2D eigenvalue weighted by atomic mass is 16.5. The monoisotopic (exact) mass is 335 g/mol. The maximum absolute atomic E-state index is 12.2. The number of methoxy groups -OCH3 is 1. The van der Waals surface area contributed by atoms with E-state index in [2.05, 4.69) is 20.6 Å². The summed E-state index contributed by atoms with van der Waals surface area (Å²) in [5.41, 5.74) is 0. The first-order valence-corrected chi connectivity index (χ1v) is 7.94. The number of nitrogens with zero attached hydrogens (tertiary/aromatic N) is 4. The van der Waals surface area contributed by atoms with Gasteiger partial charge in [-0.05, 0) is 26.3 Å². The minimum Gasteiger partial charge on any atom is -0.384 e. The fraction of sp³-hybridized carbons (Fsp3) is 0.600. The number of likely N-dealkylation sites (tertiary alicyclic amines) is 1. The normalized spacial score (nSPS) is 18.2. The van der Waals surface area contributed by atoms with Gasteiger partial charge in [0.05, 0.1) is 19.2 Å². The number of hydrogen-bond acceptors (Lipinski definition) is 8. The van der Waals surface area contributed by atoms with Gasteiger partial charge in [-0.1, -0.05) is 10.3 Å². The summed E-state index contributed by atoms with van der Waals surface area (Å²) in [7, 11) is 1.63. The Bertz CT molecular complexity index is 683. The van der Waals surface area contributed by atoms with Gasteiger partial charge in [0.2, 0.25) is 11.8 Å². The van der Waals surface area contributed by atoms with Crippen molar-refractivity contribution in [3.8, 4) is 0 Å². The molecule has 0 unspecified atom stereocenters. The van der Waals surface area contributed by atoms with Crippen molar-refractivity contribution in [2.45, 2.75) is 32.2 Å². The Morgan fingerprint density at radius 1 is 1.46 bits per heavy atom. The molecule has 3 rings (SSSR count). The van der Waals surface area contributed by atoms with Crippen LogP contribution in [0.5, 0.6) is 0 Å². The number of rotatable bonds is 7. The Hall–Kier alpha value is -2.26.